The highest BCUT2D eigenvalue weighted by Crippen LogP contribution is 2.20. The Morgan fingerprint density at radius 1 is 1.37 bits per heavy atom. The molecule has 1 fully saturated rings. The Hall–Kier alpha value is -0.950. The van der Waals surface area contributed by atoms with Crippen molar-refractivity contribution in [3.05, 3.63) is 35.9 Å². The van der Waals surface area contributed by atoms with Crippen molar-refractivity contribution in [2.45, 2.75) is 38.4 Å². The van der Waals surface area contributed by atoms with Crippen LogP contribution in [0.5, 0.6) is 0 Å². The Balaban J connectivity index is 1.90. The topological polar surface area (TPSA) is 75.4 Å². The monoisotopic (exact) mass is 283 g/mol. The minimum Gasteiger partial charge on any atom is -0.296 e. The standard InChI is InChI=1S/C13H21N3O2S/c1-11-9-13(15-19(14,17)18)7-8-16(11)10-12-5-3-2-4-6-12/h2-6,11,13,15H,7-10H2,1H3,(H2,14,17,18)/t11-,13+/m0/s1. The van der Waals surface area contributed by atoms with Crippen LogP contribution in [0.3, 0.4) is 0 Å². The van der Waals surface area contributed by atoms with E-state index in [0.29, 0.717) is 6.04 Å². The van der Waals surface area contributed by atoms with Gasteiger partial charge in [0.2, 0.25) is 0 Å². The van der Waals surface area contributed by atoms with E-state index in [1.807, 2.05) is 18.2 Å². The number of nitrogens with one attached hydrogen (secondary N) is 1. The van der Waals surface area contributed by atoms with Gasteiger partial charge in [0.25, 0.3) is 10.2 Å². The van der Waals surface area contributed by atoms with Gasteiger partial charge in [-0.05, 0) is 25.3 Å². The van der Waals surface area contributed by atoms with Gasteiger partial charge in [-0.25, -0.2) is 5.14 Å². The molecule has 1 saturated heterocycles. The first-order valence-electron chi connectivity index (χ1n) is 6.52. The van der Waals surface area contributed by atoms with Crippen LogP contribution in [0, 0.1) is 0 Å². The molecule has 1 aliphatic rings. The van der Waals surface area contributed by atoms with Crippen molar-refractivity contribution in [2.75, 3.05) is 6.54 Å². The molecule has 6 heteroatoms. The average molecular weight is 283 g/mol. The molecular formula is C13H21N3O2S. The maximum atomic E-state index is 11.0. The fourth-order valence-corrected chi connectivity index (χ4v) is 3.29. The van der Waals surface area contributed by atoms with Crippen LogP contribution >= 0.6 is 0 Å². The molecular weight excluding hydrogens is 262 g/mol. The molecule has 0 saturated carbocycles. The van der Waals surface area contributed by atoms with E-state index in [1.54, 1.807) is 0 Å². The third-order valence-electron chi connectivity index (χ3n) is 3.57. The van der Waals surface area contributed by atoms with Gasteiger partial charge in [-0.15, -0.1) is 0 Å². The predicted molar refractivity (Wildman–Crippen MR) is 75.6 cm³/mol. The number of likely N-dealkylation sites (tertiary alicyclic amines) is 1. The molecule has 0 unspecified atom stereocenters. The number of hydrogen-bond donors (Lipinski definition) is 2. The summed E-state index contributed by atoms with van der Waals surface area (Å²) in [6.45, 7) is 3.91. The van der Waals surface area contributed by atoms with Crippen molar-refractivity contribution in [3.8, 4) is 0 Å². The van der Waals surface area contributed by atoms with Crippen molar-refractivity contribution in [1.82, 2.24) is 9.62 Å². The van der Waals surface area contributed by atoms with Crippen molar-refractivity contribution in [2.24, 2.45) is 5.14 Å². The lowest BCUT2D eigenvalue weighted by atomic mass is 9.98. The van der Waals surface area contributed by atoms with Gasteiger partial charge < -0.3 is 0 Å². The molecule has 1 aromatic rings. The molecule has 1 aromatic carbocycles. The van der Waals surface area contributed by atoms with Crippen molar-refractivity contribution in [3.63, 3.8) is 0 Å². The Morgan fingerprint density at radius 2 is 2.05 bits per heavy atom. The Kier molecular flexibility index (Phi) is 4.57. The van der Waals surface area contributed by atoms with Gasteiger partial charge in [-0.2, -0.15) is 13.1 Å². The maximum absolute atomic E-state index is 11.0. The van der Waals surface area contributed by atoms with Crippen LogP contribution in [0.1, 0.15) is 25.3 Å². The highest BCUT2D eigenvalue weighted by molar-refractivity contribution is 7.87. The second-order valence-corrected chi connectivity index (χ2v) is 6.51. The first-order chi connectivity index (χ1) is 8.94. The Morgan fingerprint density at radius 3 is 2.63 bits per heavy atom. The van der Waals surface area contributed by atoms with Gasteiger partial charge >= 0.3 is 0 Å². The summed E-state index contributed by atoms with van der Waals surface area (Å²) in [7, 11) is -3.59. The van der Waals surface area contributed by atoms with E-state index in [0.717, 1.165) is 25.9 Å². The minimum absolute atomic E-state index is 0.0444. The van der Waals surface area contributed by atoms with Crippen LogP contribution in [0.4, 0.5) is 0 Å². The summed E-state index contributed by atoms with van der Waals surface area (Å²) in [5.74, 6) is 0. The average Bonchev–Trinajstić information content (AvgIpc) is 2.32. The molecule has 106 valence electrons. The predicted octanol–water partition coefficient (Wildman–Crippen LogP) is 0.833. The largest absolute Gasteiger partial charge is 0.296 e. The van der Waals surface area contributed by atoms with Crippen LogP contribution in [-0.4, -0.2) is 31.9 Å². The second-order valence-electron chi connectivity index (χ2n) is 5.19. The van der Waals surface area contributed by atoms with Gasteiger partial charge in [0.15, 0.2) is 0 Å². The summed E-state index contributed by atoms with van der Waals surface area (Å²) >= 11 is 0. The van der Waals surface area contributed by atoms with E-state index in [4.69, 9.17) is 5.14 Å². The quantitative estimate of drug-likeness (QED) is 0.859. The number of rotatable bonds is 4. The highest BCUT2D eigenvalue weighted by Gasteiger charge is 2.27. The van der Waals surface area contributed by atoms with E-state index in [9.17, 15) is 8.42 Å². The van der Waals surface area contributed by atoms with Crippen LogP contribution in [0.2, 0.25) is 0 Å². The molecule has 2 rings (SSSR count). The number of piperidine rings is 1. The number of nitrogens with two attached hydrogens (primary N) is 1. The summed E-state index contributed by atoms with van der Waals surface area (Å²) in [6.07, 6.45) is 1.59. The SMILES string of the molecule is C[C@H]1C[C@H](NS(N)(=O)=O)CCN1Cc1ccccc1. The molecule has 0 amide bonds. The van der Waals surface area contributed by atoms with E-state index in [1.165, 1.54) is 5.56 Å². The van der Waals surface area contributed by atoms with Gasteiger partial charge in [0, 0.05) is 25.2 Å². The molecule has 2 atom stereocenters. The first kappa shape index (κ1) is 14.5. The molecule has 0 spiro atoms. The van der Waals surface area contributed by atoms with Gasteiger partial charge in [-0.1, -0.05) is 30.3 Å². The third kappa shape index (κ3) is 4.58. The molecule has 0 aromatic heterocycles. The normalized spacial score (nSPS) is 25.4. The molecule has 1 heterocycles. The van der Waals surface area contributed by atoms with E-state index < -0.39 is 10.2 Å². The Labute approximate surface area is 115 Å². The third-order valence-corrected chi connectivity index (χ3v) is 4.24. The van der Waals surface area contributed by atoms with Crippen LogP contribution < -0.4 is 9.86 Å². The second kappa shape index (κ2) is 6.00. The smallest absolute Gasteiger partial charge is 0.274 e. The summed E-state index contributed by atoms with van der Waals surface area (Å²) in [5, 5.41) is 5.02. The molecule has 0 radical (unpaired) electrons. The lowest BCUT2D eigenvalue weighted by molar-refractivity contribution is 0.135. The van der Waals surface area contributed by atoms with Crippen molar-refractivity contribution < 1.29 is 8.42 Å². The van der Waals surface area contributed by atoms with E-state index >= 15 is 0 Å². The van der Waals surface area contributed by atoms with E-state index in [2.05, 4.69) is 28.7 Å². The zero-order valence-electron chi connectivity index (χ0n) is 11.1. The molecule has 0 bridgehead atoms. The van der Waals surface area contributed by atoms with Crippen LogP contribution in [0.25, 0.3) is 0 Å². The molecule has 5 nitrogen and oxygen atoms in total. The van der Waals surface area contributed by atoms with Crippen LogP contribution in [-0.2, 0) is 16.8 Å². The fraction of sp³-hybridized carbons (Fsp3) is 0.538. The van der Waals surface area contributed by atoms with Crippen molar-refractivity contribution in [1.29, 1.82) is 0 Å². The lowest BCUT2D eigenvalue weighted by Crippen LogP contribution is -2.49. The summed E-state index contributed by atoms with van der Waals surface area (Å²) in [4.78, 5) is 2.37. The molecule has 19 heavy (non-hydrogen) atoms. The fourth-order valence-electron chi connectivity index (χ4n) is 2.61. The van der Waals surface area contributed by atoms with Crippen LogP contribution in [0.15, 0.2) is 30.3 Å². The minimum atomic E-state index is -3.59. The molecule has 0 aliphatic carbocycles. The number of hydrogen-bond acceptors (Lipinski definition) is 3. The zero-order chi connectivity index (χ0) is 13.9. The summed E-state index contributed by atoms with van der Waals surface area (Å²) < 4.78 is 24.6. The maximum Gasteiger partial charge on any atom is 0.274 e. The molecule has 1 aliphatic heterocycles. The zero-order valence-corrected chi connectivity index (χ0v) is 11.9. The van der Waals surface area contributed by atoms with Gasteiger partial charge in [0.05, 0.1) is 0 Å². The number of nitrogens with zero attached hydrogens (tertiary/aromatic N) is 1. The Bertz CT molecular complexity index is 504. The van der Waals surface area contributed by atoms with Crippen molar-refractivity contribution >= 4 is 10.2 Å². The van der Waals surface area contributed by atoms with Gasteiger partial charge in [-0.3, -0.25) is 4.90 Å². The summed E-state index contributed by atoms with van der Waals surface area (Å²) in [5.41, 5.74) is 1.28. The lowest BCUT2D eigenvalue weighted by Gasteiger charge is -2.37. The number of benzene rings is 1. The highest BCUT2D eigenvalue weighted by atomic mass is 32.2. The van der Waals surface area contributed by atoms with E-state index in [-0.39, 0.29) is 6.04 Å². The first-order valence-corrected chi connectivity index (χ1v) is 8.07. The van der Waals surface area contributed by atoms with Gasteiger partial charge in [0.1, 0.15) is 0 Å². The molecule has 3 N–H and O–H groups in total. The summed E-state index contributed by atoms with van der Waals surface area (Å²) in [6, 6.07) is 10.6.